The Labute approximate surface area is 178 Å². The highest BCUT2D eigenvalue weighted by atomic mass is 16.2. The van der Waals surface area contributed by atoms with Crippen molar-refractivity contribution in [3.05, 3.63) is 77.4 Å². The fourth-order valence-electron chi connectivity index (χ4n) is 3.95. The number of carbonyl (C=O) groups excluding carboxylic acids is 1. The normalized spacial score (nSPS) is 16.4. The molecule has 1 saturated heterocycles. The maximum absolute atomic E-state index is 13.1. The van der Waals surface area contributed by atoms with Crippen LogP contribution in [-0.2, 0) is 12.8 Å². The van der Waals surface area contributed by atoms with Gasteiger partial charge in [0, 0.05) is 25.6 Å². The van der Waals surface area contributed by atoms with Crippen molar-refractivity contribution in [1.82, 2.24) is 24.6 Å². The standard InChI is InChI=1S/C24H29N5O/c1-18-8-7-11-20(16-18)29-22(13-12-19-9-5-4-6-10-19)25-23(26-29)24(30)28-15-14-21(17-28)27(2)3/h4-11,16,21H,12-15,17H2,1-3H3. The van der Waals surface area contributed by atoms with E-state index in [0.717, 1.165) is 49.4 Å². The molecule has 0 bridgehead atoms. The largest absolute Gasteiger partial charge is 0.334 e. The van der Waals surface area contributed by atoms with Gasteiger partial charge in [0.25, 0.3) is 5.91 Å². The van der Waals surface area contributed by atoms with Gasteiger partial charge in [0.1, 0.15) is 5.82 Å². The second-order valence-electron chi connectivity index (χ2n) is 8.25. The fourth-order valence-corrected chi connectivity index (χ4v) is 3.95. The molecule has 2 aromatic carbocycles. The van der Waals surface area contributed by atoms with E-state index in [-0.39, 0.29) is 5.91 Å². The second-order valence-corrected chi connectivity index (χ2v) is 8.25. The van der Waals surface area contributed by atoms with Crippen LogP contribution >= 0.6 is 0 Å². The molecule has 6 heteroatoms. The lowest BCUT2D eigenvalue weighted by atomic mass is 10.1. The summed E-state index contributed by atoms with van der Waals surface area (Å²) >= 11 is 0. The van der Waals surface area contributed by atoms with Crippen molar-refractivity contribution in [2.75, 3.05) is 27.2 Å². The molecule has 0 spiro atoms. The predicted octanol–water partition coefficient (Wildman–Crippen LogP) is 3.14. The number of benzene rings is 2. The molecule has 1 fully saturated rings. The minimum Gasteiger partial charge on any atom is -0.334 e. The van der Waals surface area contributed by atoms with E-state index in [1.165, 1.54) is 5.56 Å². The van der Waals surface area contributed by atoms with E-state index in [1.54, 1.807) is 0 Å². The number of nitrogens with zero attached hydrogens (tertiary/aromatic N) is 5. The molecule has 1 aromatic heterocycles. The summed E-state index contributed by atoms with van der Waals surface area (Å²) in [5.41, 5.74) is 3.34. The zero-order valence-electron chi connectivity index (χ0n) is 18.0. The first-order chi connectivity index (χ1) is 14.5. The highest BCUT2D eigenvalue weighted by molar-refractivity contribution is 5.90. The molecular formula is C24H29N5O. The zero-order chi connectivity index (χ0) is 21.1. The maximum Gasteiger partial charge on any atom is 0.293 e. The van der Waals surface area contributed by atoms with Crippen molar-refractivity contribution in [3.8, 4) is 5.69 Å². The van der Waals surface area contributed by atoms with Crippen LogP contribution in [0.5, 0.6) is 0 Å². The molecule has 30 heavy (non-hydrogen) atoms. The average Bonchev–Trinajstić information content (AvgIpc) is 3.40. The van der Waals surface area contributed by atoms with Crippen molar-refractivity contribution >= 4 is 5.91 Å². The van der Waals surface area contributed by atoms with Gasteiger partial charge in [-0.1, -0.05) is 42.5 Å². The third-order valence-electron chi connectivity index (χ3n) is 5.77. The fraction of sp³-hybridized carbons (Fsp3) is 0.375. The van der Waals surface area contributed by atoms with Gasteiger partial charge in [-0.2, -0.15) is 0 Å². The number of carbonyl (C=O) groups is 1. The summed E-state index contributed by atoms with van der Waals surface area (Å²) in [7, 11) is 4.12. The molecule has 2 heterocycles. The van der Waals surface area contributed by atoms with E-state index in [1.807, 2.05) is 39.9 Å². The van der Waals surface area contributed by atoms with Crippen molar-refractivity contribution in [2.24, 2.45) is 0 Å². The number of likely N-dealkylation sites (N-methyl/N-ethyl adjacent to an activating group) is 1. The first kappa shape index (κ1) is 20.3. The summed E-state index contributed by atoms with van der Waals surface area (Å²) < 4.78 is 1.84. The van der Waals surface area contributed by atoms with E-state index in [0.29, 0.717) is 11.9 Å². The number of likely N-dealkylation sites (tertiary alicyclic amines) is 1. The van der Waals surface area contributed by atoms with E-state index in [2.05, 4.69) is 55.3 Å². The van der Waals surface area contributed by atoms with Gasteiger partial charge in [-0.3, -0.25) is 4.79 Å². The number of aryl methyl sites for hydroxylation is 3. The first-order valence-corrected chi connectivity index (χ1v) is 10.5. The maximum atomic E-state index is 13.1. The van der Waals surface area contributed by atoms with E-state index >= 15 is 0 Å². The van der Waals surface area contributed by atoms with Crippen LogP contribution in [0.15, 0.2) is 54.6 Å². The minimum absolute atomic E-state index is 0.0771. The van der Waals surface area contributed by atoms with Gasteiger partial charge >= 0.3 is 0 Å². The molecule has 0 N–H and O–H groups in total. The molecule has 6 nitrogen and oxygen atoms in total. The van der Waals surface area contributed by atoms with Gasteiger partial charge < -0.3 is 9.80 Å². The summed E-state index contributed by atoms with van der Waals surface area (Å²) in [6.45, 7) is 3.53. The Balaban J connectivity index is 1.61. The van der Waals surface area contributed by atoms with Crippen LogP contribution in [-0.4, -0.2) is 63.7 Å². The van der Waals surface area contributed by atoms with Gasteiger partial charge in [0.15, 0.2) is 0 Å². The van der Waals surface area contributed by atoms with Crippen LogP contribution in [0.3, 0.4) is 0 Å². The Hall–Kier alpha value is -2.99. The molecule has 1 unspecified atom stereocenters. The van der Waals surface area contributed by atoms with Crippen LogP contribution in [0.4, 0.5) is 0 Å². The van der Waals surface area contributed by atoms with Crippen molar-refractivity contribution in [1.29, 1.82) is 0 Å². The summed E-state index contributed by atoms with van der Waals surface area (Å²) in [4.78, 5) is 21.9. The minimum atomic E-state index is -0.0771. The number of hydrogen-bond acceptors (Lipinski definition) is 4. The first-order valence-electron chi connectivity index (χ1n) is 10.5. The van der Waals surface area contributed by atoms with Crippen molar-refractivity contribution < 1.29 is 4.79 Å². The van der Waals surface area contributed by atoms with E-state index < -0.39 is 0 Å². The Morgan fingerprint density at radius 2 is 1.90 bits per heavy atom. The molecule has 1 aliphatic rings. The molecule has 156 valence electrons. The second kappa shape index (κ2) is 8.79. The molecule has 1 aliphatic heterocycles. The molecule has 4 rings (SSSR count). The highest BCUT2D eigenvalue weighted by Gasteiger charge is 2.30. The third-order valence-corrected chi connectivity index (χ3v) is 5.77. The average molecular weight is 404 g/mol. The number of aromatic nitrogens is 3. The summed E-state index contributed by atoms with van der Waals surface area (Å²) in [6.07, 6.45) is 2.56. The van der Waals surface area contributed by atoms with Crippen molar-refractivity contribution in [2.45, 2.75) is 32.2 Å². The molecule has 0 aliphatic carbocycles. The van der Waals surface area contributed by atoms with Gasteiger partial charge in [0.2, 0.25) is 5.82 Å². The van der Waals surface area contributed by atoms with Crippen LogP contribution in [0, 0.1) is 6.92 Å². The van der Waals surface area contributed by atoms with Crippen LogP contribution < -0.4 is 0 Å². The van der Waals surface area contributed by atoms with E-state index in [4.69, 9.17) is 4.98 Å². The number of hydrogen-bond donors (Lipinski definition) is 0. The summed E-state index contributed by atoms with van der Waals surface area (Å²) in [5.74, 6) is 1.03. The van der Waals surface area contributed by atoms with Gasteiger partial charge in [-0.25, -0.2) is 9.67 Å². The van der Waals surface area contributed by atoms with Crippen LogP contribution in [0.1, 0.15) is 34.0 Å². The molecular weight excluding hydrogens is 374 g/mol. The van der Waals surface area contributed by atoms with Crippen LogP contribution in [0.25, 0.3) is 5.69 Å². The lowest BCUT2D eigenvalue weighted by Crippen LogP contribution is -2.35. The molecule has 1 atom stereocenters. The smallest absolute Gasteiger partial charge is 0.293 e. The predicted molar refractivity (Wildman–Crippen MR) is 118 cm³/mol. The Kier molecular flexibility index (Phi) is 5.95. The lowest BCUT2D eigenvalue weighted by Gasteiger charge is -2.19. The zero-order valence-corrected chi connectivity index (χ0v) is 18.0. The monoisotopic (exact) mass is 403 g/mol. The number of rotatable bonds is 6. The number of amides is 1. The third kappa shape index (κ3) is 4.44. The summed E-state index contributed by atoms with van der Waals surface area (Å²) in [5, 5.41) is 4.65. The highest BCUT2D eigenvalue weighted by Crippen LogP contribution is 2.18. The molecule has 0 radical (unpaired) electrons. The van der Waals surface area contributed by atoms with Gasteiger partial charge in [-0.15, -0.1) is 5.10 Å². The van der Waals surface area contributed by atoms with Crippen LogP contribution in [0.2, 0.25) is 0 Å². The van der Waals surface area contributed by atoms with Gasteiger partial charge in [0.05, 0.1) is 5.69 Å². The molecule has 3 aromatic rings. The quantitative estimate of drug-likeness (QED) is 0.635. The Morgan fingerprint density at radius 3 is 2.60 bits per heavy atom. The SMILES string of the molecule is Cc1cccc(-n2nc(C(=O)N3CCC(N(C)C)C3)nc2CCc2ccccc2)c1. The molecule has 0 saturated carbocycles. The Morgan fingerprint density at radius 1 is 1.10 bits per heavy atom. The summed E-state index contributed by atoms with van der Waals surface area (Å²) in [6, 6.07) is 18.9. The molecule has 1 amide bonds. The topological polar surface area (TPSA) is 54.3 Å². The van der Waals surface area contributed by atoms with Gasteiger partial charge in [-0.05, 0) is 57.1 Å². The lowest BCUT2D eigenvalue weighted by molar-refractivity contribution is 0.0771. The Bertz CT molecular complexity index is 1010. The van der Waals surface area contributed by atoms with Crippen molar-refractivity contribution in [3.63, 3.8) is 0 Å². The van der Waals surface area contributed by atoms with E-state index in [9.17, 15) is 4.79 Å².